The van der Waals surface area contributed by atoms with E-state index in [1.54, 1.807) is 27.7 Å². The van der Waals surface area contributed by atoms with Crippen molar-refractivity contribution >= 4 is 11.9 Å². The smallest absolute Gasteiger partial charge is 0.303 e. The van der Waals surface area contributed by atoms with E-state index < -0.39 is 81.7 Å². The summed E-state index contributed by atoms with van der Waals surface area (Å²) < 4.78 is 17.5. The molecule has 0 aromatic rings. The van der Waals surface area contributed by atoms with E-state index in [1.165, 1.54) is 13.8 Å². The molecular formula is C24H36O9. The molecule has 12 unspecified atom stereocenters. The van der Waals surface area contributed by atoms with Crippen molar-refractivity contribution in [3.05, 3.63) is 0 Å². The number of aliphatic hydroxyl groups excluding tert-OH is 1. The summed E-state index contributed by atoms with van der Waals surface area (Å²) >= 11 is 0. The van der Waals surface area contributed by atoms with Gasteiger partial charge in [0.1, 0.15) is 5.60 Å². The number of rotatable bonds is 2. The van der Waals surface area contributed by atoms with Gasteiger partial charge in [-0.1, -0.05) is 13.8 Å². The molecule has 5 aliphatic rings. The molecule has 1 heterocycles. The number of esters is 2. The van der Waals surface area contributed by atoms with Crippen LogP contribution in [0.4, 0.5) is 0 Å². The van der Waals surface area contributed by atoms with Crippen LogP contribution in [-0.2, 0) is 23.8 Å². The molecule has 33 heavy (non-hydrogen) atoms. The maximum atomic E-state index is 12.5. The van der Waals surface area contributed by atoms with Crippen LogP contribution in [-0.4, -0.2) is 79.7 Å². The van der Waals surface area contributed by atoms with Gasteiger partial charge >= 0.3 is 11.9 Å². The molecule has 5 fully saturated rings. The summed E-state index contributed by atoms with van der Waals surface area (Å²) in [5.41, 5.74) is -6.96. The summed E-state index contributed by atoms with van der Waals surface area (Å²) in [6, 6.07) is 0. The average Bonchev–Trinajstić information content (AvgIpc) is 3.39. The van der Waals surface area contributed by atoms with Gasteiger partial charge in [0.15, 0.2) is 12.2 Å². The van der Waals surface area contributed by atoms with Gasteiger partial charge in [-0.3, -0.25) is 9.59 Å². The van der Waals surface area contributed by atoms with Gasteiger partial charge in [0.2, 0.25) is 0 Å². The largest absolute Gasteiger partial charge is 0.458 e. The van der Waals surface area contributed by atoms with E-state index >= 15 is 0 Å². The third-order valence-corrected chi connectivity index (χ3v) is 10.0. The first kappa shape index (κ1) is 23.5. The molecule has 4 N–H and O–H groups in total. The maximum absolute atomic E-state index is 12.5. The lowest BCUT2D eigenvalue weighted by molar-refractivity contribution is -0.247. The van der Waals surface area contributed by atoms with Crippen LogP contribution in [0.15, 0.2) is 0 Å². The van der Waals surface area contributed by atoms with Gasteiger partial charge in [-0.2, -0.15) is 0 Å². The first-order chi connectivity index (χ1) is 15.0. The van der Waals surface area contributed by atoms with Crippen LogP contribution in [0.5, 0.6) is 0 Å². The zero-order chi connectivity index (χ0) is 24.5. The second-order valence-corrected chi connectivity index (χ2v) is 12.2. The van der Waals surface area contributed by atoms with Gasteiger partial charge in [-0.05, 0) is 39.0 Å². The van der Waals surface area contributed by atoms with Gasteiger partial charge in [0.25, 0.3) is 0 Å². The van der Waals surface area contributed by atoms with E-state index in [-0.39, 0.29) is 12.5 Å². The van der Waals surface area contributed by atoms with Crippen molar-refractivity contribution < 1.29 is 44.2 Å². The number of carbonyl (C=O) groups is 2. The second kappa shape index (κ2) is 6.49. The van der Waals surface area contributed by atoms with Crippen LogP contribution in [0.25, 0.3) is 0 Å². The van der Waals surface area contributed by atoms with E-state index in [0.29, 0.717) is 12.8 Å². The van der Waals surface area contributed by atoms with Gasteiger partial charge < -0.3 is 34.6 Å². The molecular weight excluding hydrogens is 432 g/mol. The summed E-state index contributed by atoms with van der Waals surface area (Å²) in [5, 5.41) is 47.7. The Kier molecular flexibility index (Phi) is 4.62. The molecule has 0 aromatic carbocycles. The normalized spacial score (nSPS) is 57.9. The Labute approximate surface area is 193 Å². The van der Waals surface area contributed by atoms with Gasteiger partial charge in [-0.25, -0.2) is 0 Å². The van der Waals surface area contributed by atoms with Crippen molar-refractivity contribution in [2.24, 2.45) is 28.6 Å². The quantitative estimate of drug-likeness (QED) is 0.332. The third kappa shape index (κ3) is 2.60. The molecule has 186 valence electrons. The fourth-order valence-electron chi connectivity index (χ4n) is 8.86. The second-order valence-electron chi connectivity index (χ2n) is 12.2. The minimum atomic E-state index is -1.81. The molecule has 5 rings (SSSR count). The number of aliphatic hydroxyl groups is 4. The third-order valence-electron chi connectivity index (χ3n) is 10.0. The number of hydrogen-bond donors (Lipinski definition) is 4. The van der Waals surface area contributed by atoms with Crippen molar-refractivity contribution in [2.75, 3.05) is 0 Å². The van der Waals surface area contributed by atoms with Crippen LogP contribution in [0.3, 0.4) is 0 Å². The first-order valence-corrected chi connectivity index (χ1v) is 11.9. The van der Waals surface area contributed by atoms with Gasteiger partial charge in [0, 0.05) is 36.5 Å². The highest BCUT2D eigenvalue weighted by atomic mass is 16.6. The van der Waals surface area contributed by atoms with E-state index in [2.05, 4.69) is 0 Å². The van der Waals surface area contributed by atoms with Crippen molar-refractivity contribution in [1.29, 1.82) is 0 Å². The van der Waals surface area contributed by atoms with Crippen LogP contribution in [0.1, 0.15) is 60.8 Å². The van der Waals surface area contributed by atoms with Crippen LogP contribution >= 0.6 is 0 Å². The summed E-state index contributed by atoms with van der Waals surface area (Å²) in [6.07, 6.45) is -3.67. The number of ether oxygens (including phenoxy) is 3. The van der Waals surface area contributed by atoms with E-state index in [9.17, 15) is 30.0 Å². The molecule has 9 heteroatoms. The Balaban J connectivity index is 1.81. The predicted molar refractivity (Wildman–Crippen MR) is 113 cm³/mol. The molecule has 2 bridgehead atoms. The number of fused-ring (bicyclic) bond motifs is 4. The Hall–Kier alpha value is -1.26. The maximum Gasteiger partial charge on any atom is 0.303 e. The molecule has 4 aliphatic carbocycles. The molecule has 0 radical (unpaired) electrons. The Morgan fingerprint density at radius 2 is 1.52 bits per heavy atom. The number of epoxide rings is 1. The van der Waals surface area contributed by atoms with Gasteiger partial charge in [-0.15, -0.1) is 0 Å². The van der Waals surface area contributed by atoms with Crippen molar-refractivity contribution in [3.63, 3.8) is 0 Å². The summed E-state index contributed by atoms with van der Waals surface area (Å²) in [7, 11) is 0. The first-order valence-electron chi connectivity index (χ1n) is 11.9. The highest BCUT2D eigenvalue weighted by molar-refractivity contribution is 5.68. The van der Waals surface area contributed by atoms with Crippen LogP contribution < -0.4 is 0 Å². The minimum Gasteiger partial charge on any atom is -0.458 e. The summed E-state index contributed by atoms with van der Waals surface area (Å²) in [6.45, 7) is 9.31. The molecule has 1 saturated heterocycles. The van der Waals surface area contributed by atoms with Gasteiger partial charge in [0.05, 0.1) is 29.5 Å². The predicted octanol–water partition coefficient (Wildman–Crippen LogP) is 0.297. The molecule has 0 aromatic heterocycles. The molecule has 1 aliphatic heterocycles. The fraction of sp³-hybridized carbons (Fsp3) is 0.917. The highest BCUT2D eigenvalue weighted by Gasteiger charge is 2.86. The van der Waals surface area contributed by atoms with Crippen molar-refractivity contribution in [1.82, 2.24) is 0 Å². The molecule has 1 spiro atoms. The topological polar surface area (TPSA) is 146 Å². The lowest BCUT2D eigenvalue weighted by Crippen LogP contribution is -2.66. The average molecular weight is 469 g/mol. The molecule has 9 nitrogen and oxygen atoms in total. The monoisotopic (exact) mass is 468 g/mol. The van der Waals surface area contributed by atoms with Crippen LogP contribution in [0.2, 0.25) is 0 Å². The van der Waals surface area contributed by atoms with Crippen molar-refractivity contribution in [3.8, 4) is 0 Å². The Morgan fingerprint density at radius 3 is 2.09 bits per heavy atom. The lowest BCUT2D eigenvalue weighted by atomic mass is 9.56. The standard InChI is InChI=1S/C24H36O9/c1-10(25)31-18-19(32-11(2)26)24(30)15(14-17(33-14)20(24,3)4)22(6,29)13-8-7-12-16(27)23(13,18)9-21(12,5)28/h12-19,27-30H,7-9H2,1-6H3. The SMILES string of the molecule is CC(=O)OC1C(OC(C)=O)C2(O)C(C3OC3C2(C)C)C(C)(O)C2CCC3C(O)C12CC3(C)O. The van der Waals surface area contributed by atoms with Crippen LogP contribution in [0, 0.1) is 28.6 Å². The summed E-state index contributed by atoms with van der Waals surface area (Å²) in [4.78, 5) is 24.7. The van der Waals surface area contributed by atoms with E-state index in [1.807, 2.05) is 0 Å². The number of hydrogen-bond acceptors (Lipinski definition) is 9. The Bertz CT molecular complexity index is 896. The zero-order valence-electron chi connectivity index (χ0n) is 20.1. The molecule has 12 atom stereocenters. The zero-order valence-corrected chi connectivity index (χ0v) is 20.1. The van der Waals surface area contributed by atoms with E-state index in [0.717, 1.165) is 0 Å². The van der Waals surface area contributed by atoms with E-state index in [4.69, 9.17) is 14.2 Å². The fourth-order valence-corrected chi connectivity index (χ4v) is 8.86. The summed E-state index contributed by atoms with van der Waals surface area (Å²) in [5.74, 6) is -3.35. The molecule has 4 saturated carbocycles. The lowest BCUT2D eigenvalue weighted by Gasteiger charge is -2.52. The molecule has 0 amide bonds. The van der Waals surface area contributed by atoms with Crippen molar-refractivity contribution in [2.45, 2.75) is 108 Å². The minimum absolute atomic E-state index is 0.0283. The Morgan fingerprint density at radius 1 is 0.939 bits per heavy atom. The number of carbonyl (C=O) groups excluding carboxylic acids is 2. The highest BCUT2D eigenvalue weighted by Crippen LogP contribution is 2.73.